The molecule has 0 unspecified atom stereocenters. The standard InChI is InChI=1S/C19H22ClNO4S/c1-4-18(14-5-11-17(12-6-14)26(3,23)24)21-19(22)13(2)25-16-9-7-15(20)8-10-16/h5-13,18H,4H2,1-3H3,(H,21,22)/t13-,18+/m0/s1. The van der Waals surface area contributed by atoms with Gasteiger partial charge in [-0.2, -0.15) is 0 Å². The summed E-state index contributed by atoms with van der Waals surface area (Å²) in [5.74, 6) is 0.307. The summed E-state index contributed by atoms with van der Waals surface area (Å²) in [6, 6.07) is 13.1. The summed E-state index contributed by atoms with van der Waals surface area (Å²) in [4.78, 5) is 12.7. The number of halogens is 1. The largest absolute Gasteiger partial charge is 0.481 e. The Morgan fingerprint density at radius 3 is 2.19 bits per heavy atom. The van der Waals surface area contributed by atoms with Gasteiger partial charge in [0.2, 0.25) is 0 Å². The van der Waals surface area contributed by atoms with Crippen LogP contribution in [0.4, 0.5) is 0 Å². The van der Waals surface area contributed by atoms with E-state index in [0.717, 1.165) is 11.8 Å². The van der Waals surface area contributed by atoms with E-state index >= 15 is 0 Å². The Morgan fingerprint density at radius 2 is 1.69 bits per heavy atom. The molecule has 7 heteroatoms. The van der Waals surface area contributed by atoms with E-state index in [9.17, 15) is 13.2 Å². The molecule has 1 N–H and O–H groups in total. The number of hydrogen-bond acceptors (Lipinski definition) is 4. The van der Waals surface area contributed by atoms with Crippen molar-refractivity contribution in [1.82, 2.24) is 5.32 Å². The van der Waals surface area contributed by atoms with Crippen molar-refractivity contribution in [3.8, 4) is 5.75 Å². The molecule has 26 heavy (non-hydrogen) atoms. The van der Waals surface area contributed by atoms with E-state index in [0.29, 0.717) is 17.2 Å². The third kappa shape index (κ3) is 5.47. The molecule has 0 radical (unpaired) electrons. The normalized spacial score (nSPS) is 13.7. The Kier molecular flexibility index (Phi) is 6.67. The highest BCUT2D eigenvalue weighted by Crippen LogP contribution is 2.20. The summed E-state index contributed by atoms with van der Waals surface area (Å²) in [5.41, 5.74) is 0.840. The lowest BCUT2D eigenvalue weighted by Crippen LogP contribution is -2.38. The minimum atomic E-state index is -3.24. The summed E-state index contributed by atoms with van der Waals surface area (Å²) < 4.78 is 28.7. The summed E-state index contributed by atoms with van der Waals surface area (Å²) in [5, 5.41) is 3.53. The lowest BCUT2D eigenvalue weighted by atomic mass is 10.0. The summed E-state index contributed by atoms with van der Waals surface area (Å²) in [6.45, 7) is 3.61. The van der Waals surface area contributed by atoms with Crippen molar-refractivity contribution in [2.45, 2.75) is 37.3 Å². The van der Waals surface area contributed by atoms with Crippen LogP contribution in [0.15, 0.2) is 53.4 Å². The van der Waals surface area contributed by atoms with Crippen molar-refractivity contribution in [3.05, 3.63) is 59.1 Å². The van der Waals surface area contributed by atoms with E-state index in [1.54, 1.807) is 55.5 Å². The summed E-state index contributed by atoms with van der Waals surface area (Å²) in [6.07, 6.45) is 1.15. The maximum absolute atomic E-state index is 12.4. The average molecular weight is 396 g/mol. The molecule has 0 aliphatic heterocycles. The quantitative estimate of drug-likeness (QED) is 0.774. The van der Waals surface area contributed by atoms with Gasteiger partial charge in [0.15, 0.2) is 15.9 Å². The second-order valence-corrected chi connectivity index (χ2v) is 8.48. The van der Waals surface area contributed by atoms with Gasteiger partial charge in [0.1, 0.15) is 5.75 Å². The van der Waals surface area contributed by atoms with Gasteiger partial charge < -0.3 is 10.1 Å². The number of ether oxygens (including phenoxy) is 1. The van der Waals surface area contributed by atoms with Crippen LogP contribution in [0.5, 0.6) is 5.75 Å². The first kappa shape index (κ1) is 20.3. The van der Waals surface area contributed by atoms with Gasteiger partial charge in [0, 0.05) is 11.3 Å². The number of carbonyl (C=O) groups excluding carboxylic acids is 1. The zero-order chi connectivity index (χ0) is 19.3. The van der Waals surface area contributed by atoms with E-state index in [-0.39, 0.29) is 16.8 Å². The minimum absolute atomic E-state index is 0.229. The molecule has 1 amide bonds. The zero-order valence-corrected chi connectivity index (χ0v) is 16.5. The molecule has 2 rings (SSSR count). The number of carbonyl (C=O) groups is 1. The van der Waals surface area contributed by atoms with Crippen LogP contribution >= 0.6 is 11.6 Å². The van der Waals surface area contributed by atoms with Crippen LogP contribution in [0.3, 0.4) is 0 Å². The van der Waals surface area contributed by atoms with Crippen LogP contribution in [0, 0.1) is 0 Å². The van der Waals surface area contributed by atoms with Crippen LogP contribution in [-0.2, 0) is 14.6 Å². The Labute approximate surface area is 159 Å². The van der Waals surface area contributed by atoms with Gasteiger partial charge in [0.25, 0.3) is 5.91 Å². The molecule has 0 aromatic heterocycles. The Morgan fingerprint density at radius 1 is 1.12 bits per heavy atom. The molecular formula is C19H22ClNO4S. The molecule has 0 spiro atoms. The maximum Gasteiger partial charge on any atom is 0.261 e. The molecule has 0 aliphatic rings. The number of sulfone groups is 1. The van der Waals surface area contributed by atoms with E-state index in [4.69, 9.17) is 16.3 Å². The van der Waals surface area contributed by atoms with Crippen molar-refractivity contribution in [2.75, 3.05) is 6.26 Å². The van der Waals surface area contributed by atoms with E-state index in [1.807, 2.05) is 6.92 Å². The molecule has 0 saturated heterocycles. The average Bonchev–Trinajstić information content (AvgIpc) is 2.60. The lowest BCUT2D eigenvalue weighted by Gasteiger charge is -2.21. The first-order chi connectivity index (χ1) is 12.2. The summed E-state index contributed by atoms with van der Waals surface area (Å²) in [7, 11) is -3.24. The van der Waals surface area contributed by atoms with Crippen LogP contribution in [0.25, 0.3) is 0 Å². The highest BCUT2D eigenvalue weighted by atomic mass is 35.5. The van der Waals surface area contributed by atoms with Gasteiger partial charge in [-0.25, -0.2) is 8.42 Å². The highest BCUT2D eigenvalue weighted by molar-refractivity contribution is 7.90. The van der Waals surface area contributed by atoms with Gasteiger partial charge in [-0.1, -0.05) is 30.7 Å². The van der Waals surface area contributed by atoms with Crippen molar-refractivity contribution >= 4 is 27.3 Å². The predicted octanol–water partition coefficient (Wildman–Crippen LogP) is 3.78. The van der Waals surface area contributed by atoms with Crippen molar-refractivity contribution in [2.24, 2.45) is 0 Å². The number of amides is 1. The monoisotopic (exact) mass is 395 g/mol. The Bertz CT molecular complexity index is 848. The second-order valence-electron chi connectivity index (χ2n) is 6.02. The number of nitrogens with one attached hydrogen (secondary N) is 1. The van der Waals surface area contributed by atoms with Gasteiger partial charge in [-0.15, -0.1) is 0 Å². The Balaban J connectivity index is 2.04. The van der Waals surface area contributed by atoms with Crippen LogP contribution in [-0.4, -0.2) is 26.7 Å². The zero-order valence-electron chi connectivity index (χ0n) is 14.9. The van der Waals surface area contributed by atoms with Crippen molar-refractivity contribution in [1.29, 1.82) is 0 Å². The third-order valence-electron chi connectivity index (χ3n) is 3.93. The number of hydrogen-bond donors (Lipinski definition) is 1. The number of benzene rings is 2. The maximum atomic E-state index is 12.4. The lowest BCUT2D eigenvalue weighted by molar-refractivity contribution is -0.128. The van der Waals surface area contributed by atoms with E-state index < -0.39 is 15.9 Å². The van der Waals surface area contributed by atoms with Gasteiger partial charge in [-0.3, -0.25) is 4.79 Å². The van der Waals surface area contributed by atoms with Crippen LogP contribution < -0.4 is 10.1 Å². The minimum Gasteiger partial charge on any atom is -0.481 e. The van der Waals surface area contributed by atoms with E-state index in [1.165, 1.54) is 0 Å². The molecule has 5 nitrogen and oxygen atoms in total. The first-order valence-electron chi connectivity index (χ1n) is 8.23. The fourth-order valence-corrected chi connectivity index (χ4v) is 3.18. The number of rotatable bonds is 7. The molecule has 140 valence electrons. The van der Waals surface area contributed by atoms with Crippen LogP contribution in [0.2, 0.25) is 5.02 Å². The molecule has 2 aromatic rings. The second kappa shape index (κ2) is 8.56. The third-order valence-corrected chi connectivity index (χ3v) is 5.31. The highest BCUT2D eigenvalue weighted by Gasteiger charge is 2.20. The SMILES string of the molecule is CC[C@@H](NC(=O)[C@H](C)Oc1ccc(Cl)cc1)c1ccc(S(C)(=O)=O)cc1. The predicted molar refractivity (Wildman–Crippen MR) is 102 cm³/mol. The molecule has 2 aromatic carbocycles. The topological polar surface area (TPSA) is 72.5 Å². The molecule has 0 fully saturated rings. The van der Waals surface area contributed by atoms with Crippen LogP contribution in [0.1, 0.15) is 31.9 Å². The van der Waals surface area contributed by atoms with E-state index in [2.05, 4.69) is 5.32 Å². The molecule has 0 aliphatic carbocycles. The molecule has 0 saturated carbocycles. The molecule has 0 bridgehead atoms. The smallest absolute Gasteiger partial charge is 0.261 e. The van der Waals surface area contributed by atoms with Gasteiger partial charge in [0.05, 0.1) is 10.9 Å². The summed E-state index contributed by atoms with van der Waals surface area (Å²) >= 11 is 5.83. The fraction of sp³-hybridized carbons (Fsp3) is 0.316. The fourth-order valence-electron chi connectivity index (χ4n) is 2.43. The van der Waals surface area contributed by atoms with Crippen molar-refractivity contribution < 1.29 is 17.9 Å². The first-order valence-corrected chi connectivity index (χ1v) is 10.5. The Hall–Kier alpha value is -2.05. The molecule has 2 atom stereocenters. The molecule has 0 heterocycles. The van der Waals surface area contributed by atoms with Crippen molar-refractivity contribution in [3.63, 3.8) is 0 Å². The van der Waals surface area contributed by atoms with Gasteiger partial charge >= 0.3 is 0 Å². The van der Waals surface area contributed by atoms with Gasteiger partial charge in [-0.05, 0) is 55.3 Å². The molecular weight excluding hydrogens is 374 g/mol.